The fourth-order valence-electron chi connectivity index (χ4n) is 4.32. The van der Waals surface area contributed by atoms with Gasteiger partial charge in [0, 0.05) is 11.6 Å². The van der Waals surface area contributed by atoms with Crippen molar-refractivity contribution in [2.45, 2.75) is 43.6 Å². The van der Waals surface area contributed by atoms with Crippen LogP contribution in [0.3, 0.4) is 0 Å². The lowest BCUT2D eigenvalue weighted by Gasteiger charge is -2.42. The van der Waals surface area contributed by atoms with Crippen LogP contribution in [0.25, 0.3) is 11.5 Å². The van der Waals surface area contributed by atoms with Crippen molar-refractivity contribution >= 4 is 11.6 Å². The van der Waals surface area contributed by atoms with E-state index in [1.807, 2.05) is 16.7 Å². The van der Waals surface area contributed by atoms with Gasteiger partial charge in [-0.1, -0.05) is 23.7 Å². The van der Waals surface area contributed by atoms with Crippen molar-refractivity contribution in [2.24, 2.45) is 0 Å². The summed E-state index contributed by atoms with van der Waals surface area (Å²) in [6, 6.07) is 7.02. The summed E-state index contributed by atoms with van der Waals surface area (Å²) in [5, 5.41) is 19.5. The quantitative estimate of drug-likeness (QED) is 0.657. The maximum atomic E-state index is 13.5. The molecule has 0 saturated carbocycles. The Morgan fingerprint density at radius 2 is 1.87 bits per heavy atom. The fourth-order valence-corrected chi connectivity index (χ4v) is 4.45. The van der Waals surface area contributed by atoms with Crippen LogP contribution >= 0.6 is 11.6 Å². The standard InChI is InChI=1S/C20H19ClF3N5O2/c1-11-8-28-15(14-7-25-16(29(11)14)18(2,30)20(22,23)24)26-27-17(28)19(9-31-10-19)12-3-5-13(21)6-4-12/h3-7,11,30H,8-10H2,1-2H3/t11-,18+/m0/s1. The maximum absolute atomic E-state index is 13.5. The van der Waals surface area contributed by atoms with Crippen molar-refractivity contribution in [3.05, 3.63) is 52.7 Å². The first kappa shape index (κ1) is 20.5. The summed E-state index contributed by atoms with van der Waals surface area (Å²) in [5.41, 5.74) is -2.25. The van der Waals surface area contributed by atoms with Crippen LogP contribution in [0.1, 0.15) is 37.1 Å². The van der Waals surface area contributed by atoms with Gasteiger partial charge in [0.05, 0.1) is 25.5 Å². The first-order chi connectivity index (χ1) is 14.6. The van der Waals surface area contributed by atoms with Gasteiger partial charge in [0.1, 0.15) is 16.9 Å². The summed E-state index contributed by atoms with van der Waals surface area (Å²) in [4.78, 5) is 3.93. The van der Waals surface area contributed by atoms with Crippen LogP contribution in [0.15, 0.2) is 30.5 Å². The zero-order valence-corrected chi connectivity index (χ0v) is 17.4. The number of aromatic nitrogens is 5. The third-order valence-electron chi connectivity index (χ3n) is 6.17. The lowest BCUT2D eigenvalue weighted by molar-refractivity contribution is -0.262. The number of hydrogen-bond donors (Lipinski definition) is 1. The number of rotatable bonds is 3. The van der Waals surface area contributed by atoms with Gasteiger partial charge in [-0.15, -0.1) is 10.2 Å². The molecule has 2 aromatic heterocycles. The Morgan fingerprint density at radius 1 is 1.19 bits per heavy atom. The number of ether oxygens (including phenoxy) is 1. The minimum Gasteiger partial charge on any atom is -0.378 e. The molecular formula is C20H19ClF3N5O2. The van der Waals surface area contributed by atoms with E-state index in [1.165, 1.54) is 10.8 Å². The first-order valence-corrected chi connectivity index (χ1v) is 10.1. The van der Waals surface area contributed by atoms with Crippen molar-refractivity contribution in [3.8, 4) is 11.5 Å². The van der Waals surface area contributed by atoms with Gasteiger partial charge in [-0.05, 0) is 31.5 Å². The Labute approximate surface area is 180 Å². The molecule has 0 bridgehead atoms. The van der Waals surface area contributed by atoms with Crippen molar-refractivity contribution < 1.29 is 23.0 Å². The molecule has 5 rings (SSSR count). The molecule has 4 heterocycles. The van der Waals surface area contributed by atoms with E-state index in [0.29, 0.717) is 49.0 Å². The predicted molar refractivity (Wildman–Crippen MR) is 105 cm³/mol. The maximum Gasteiger partial charge on any atom is 0.424 e. The van der Waals surface area contributed by atoms with Crippen LogP contribution in [0.5, 0.6) is 0 Å². The summed E-state index contributed by atoms with van der Waals surface area (Å²) in [6.07, 6.45) is -3.56. The third-order valence-corrected chi connectivity index (χ3v) is 6.43. The molecule has 0 radical (unpaired) electrons. The van der Waals surface area contributed by atoms with Crippen LogP contribution in [0.2, 0.25) is 5.02 Å². The Hall–Kier alpha value is -2.43. The van der Waals surface area contributed by atoms with Crippen LogP contribution in [0.4, 0.5) is 13.2 Å². The molecule has 11 heteroatoms. The SMILES string of the molecule is C[C@H]1Cn2c(nnc2C2(c3ccc(Cl)cc3)COC2)-c2cnc([C@@](C)(O)C(F)(F)F)n21. The second-order valence-corrected chi connectivity index (χ2v) is 8.73. The Morgan fingerprint density at radius 3 is 2.45 bits per heavy atom. The number of nitrogens with zero attached hydrogens (tertiary/aromatic N) is 5. The van der Waals surface area contributed by atoms with Gasteiger partial charge >= 0.3 is 6.18 Å². The normalized spacial score (nSPS) is 21.7. The molecule has 2 atom stereocenters. The van der Waals surface area contributed by atoms with E-state index in [9.17, 15) is 18.3 Å². The van der Waals surface area contributed by atoms with E-state index in [2.05, 4.69) is 15.2 Å². The molecule has 3 aromatic rings. The summed E-state index contributed by atoms with van der Waals surface area (Å²) in [7, 11) is 0. The van der Waals surface area contributed by atoms with E-state index in [-0.39, 0.29) is 0 Å². The zero-order chi connectivity index (χ0) is 22.2. The highest BCUT2D eigenvalue weighted by molar-refractivity contribution is 6.30. The minimum atomic E-state index is -4.87. The topological polar surface area (TPSA) is 78.0 Å². The molecule has 2 aliphatic heterocycles. The van der Waals surface area contributed by atoms with Crippen LogP contribution < -0.4 is 0 Å². The minimum absolute atomic E-state index is 0.331. The van der Waals surface area contributed by atoms with Crippen molar-refractivity contribution in [1.29, 1.82) is 0 Å². The fraction of sp³-hybridized carbons (Fsp3) is 0.450. The van der Waals surface area contributed by atoms with Gasteiger partial charge in [-0.3, -0.25) is 0 Å². The molecule has 0 spiro atoms. The third kappa shape index (κ3) is 2.78. The molecule has 1 N–H and O–H groups in total. The van der Waals surface area contributed by atoms with Gasteiger partial charge in [0.25, 0.3) is 0 Å². The zero-order valence-electron chi connectivity index (χ0n) is 16.7. The first-order valence-electron chi connectivity index (χ1n) is 9.71. The monoisotopic (exact) mass is 453 g/mol. The molecule has 1 saturated heterocycles. The molecule has 2 aliphatic rings. The largest absolute Gasteiger partial charge is 0.424 e. The Bertz CT molecular complexity index is 1150. The van der Waals surface area contributed by atoms with E-state index in [1.54, 1.807) is 19.1 Å². The highest BCUT2D eigenvalue weighted by Crippen LogP contribution is 2.44. The second kappa shape index (κ2) is 6.54. The van der Waals surface area contributed by atoms with Crippen molar-refractivity contribution in [3.63, 3.8) is 0 Å². The summed E-state index contributed by atoms with van der Waals surface area (Å²) in [5.74, 6) is 0.627. The predicted octanol–water partition coefficient (Wildman–Crippen LogP) is 3.46. The van der Waals surface area contributed by atoms with Crippen LogP contribution in [0, 0.1) is 0 Å². The Kier molecular flexibility index (Phi) is 4.32. The van der Waals surface area contributed by atoms with Crippen LogP contribution in [-0.2, 0) is 22.3 Å². The lowest BCUT2D eigenvalue weighted by atomic mass is 9.77. The van der Waals surface area contributed by atoms with Gasteiger partial charge in [-0.25, -0.2) is 4.98 Å². The number of benzene rings is 1. The van der Waals surface area contributed by atoms with Crippen LogP contribution in [-0.4, -0.2) is 48.8 Å². The number of alkyl halides is 3. The van der Waals surface area contributed by atoms with E-state index < -0.39 is 29.1 Å². The molecule has 164 valence electrons. The van der Waals surface area contributed by atoms with E-state index in [0.717, 1.165) is 5.56 Å². The van der Waals surface area contributed by atoms with E-state index in [4.69, 9.17) is 16.3 Å². The highest BCUT2D eigenvalue weighted by Gasteiger charge is 2.55. The summed E-state index contributed by atoms with van der Waals surface area (Å²) >= 11 is 6.04. The van der Waals surface area contributed by atoms with Gasteiger partial charge < -0.3 is 19.0 Å². The Balaban J connectivity index is 1.63. The molecule has 1 aromatic carbocycles. The number of halogens is 4. The van der Waals surface area contributed by atoms with E-state index >= 15 is 0 Å². The average molecular weight is 454 g/mol. The molecule has 0 aliphatic carbocycles. The highest BCUT2D eigenvalue weighted by atomic mass is 35.5. The number of aliphatic hydroxyl groups is 1. The summed E-state index contributed by atoms with van der Waals surface area (Å²) < 4.78 is 49.2. The molecule has 0 unspecified atom stereocenters. The molecule has 31 heavy (non-hydrogen) atoms. The van der Waals surface area contributed by atoms with Gasteiger partial charge in [0.2, 0.25) is 5.60 Å². The van der Waals surface area contributed by atoms with Crippen molar-refractivity contribution in [1.82, 2.24) is 24.3 Å². The molecule has 0 amide bonds. The lowest BCUT2D eigenvalue weighted by Crippen LogP contribution is -2.50. The molecule has 1 fully saturated rings. The number of hydrogen-bond acceptors (Lipinski definition) is 5. The average Bonchev–Trinajstić information content (AvgIpc) is 3.27. The smallest absolute Gasteiger partial charge is 0.378 e. The van der Waals surface area contributed by atoms with Gasteiger partial charge in [-0.2, -0.15) is 13.2 Å². The molecular weight excluding hydrogens is 435 g/mol. The molecule has 7 nitrogen and oxygen atoms in total. The van der Waals surface area contributed by atoms with Crippen molar-refractivity contribution in [2.75, 3.05) is 13.2 Å². The number of imidazole rings is 1. The van der Waals surface area contributed by atoms with Gasteiger partial charge in [0.15, 0.2) is 11.6 Å². The summed E-state index contributed by atoms with van der Waals surface area (Å²) in [6.45, 7) is 3.64. The second-order valence-electron chi connectivity index (χ2n) is 8.30. The number of fused-ring (bicyclic) bond motifs is 3.